The minimum Gasteiger partial charge on any atom is -0.462 e. The van der Waals surface area contributed by atoms with Gasteiger partial charge in [-0.15, -0.1) is 11.3 Å². The maximum absolute atomic E-state index is 11.8. The van der Waals surface area contributed by atoms with Gasteiger partial charge in [-0.25, -0.2) is 9.78 Å². The second-order valence-electron chi connectivity index (χ2n) is 4.06. The number of benzene rings is 1. The highest BCUT2D eigenvalue weighted by molar-refractivity contribution is 7.17. The summed E-state index contributed by atoms with van der Waals surface area (Å²) >= 11 is 1.35. The molecule has 4 nitrogen and oxygen atoms in total. The van der Waals surface area contributed by atoms with Crippen molar-refractivity contribution in [1.82, 2.24) is 4.98 Å². The molecule has 0 spiro atoms. The second kappa shape index (κ2) is 5.95. The van der Waals surface area contributed by atoms with Crippen molar-refractivity contribution < 1.29 is 9.53 Å². The molecule has 1 aromatic carbocycles. The zero-order valence-corrected chi connectivity index (χ0v) is 11.8. The molecule has 5 heteroatoms. The number of thiazole rings is 1. The third-order valence-electron chi connectivity index (χ3n) is 2.67. The first-order valence-electron chi connectivity index (χ1n) is 6.09. The van der Waals surface area contributed by atoms with Crippen LogP contribution in [0.25, 0.3) is 10.6 Å². The van der Waals surface area contributed by atoms with Crippen LogP contribution in [0.4, 0.5) is 0 Å². The Balaban J connectivity index is 2.36. The van der Waals surface area contributed by atoms with Gasteiger partial charge in [0.05, 0.1) is 12.3 Å². The van der Waals surface area contributed by atoms with E-state index in [1.807, 2.05) is 31.2 Å². The first kappa shape index (κ1) is 13.7. The summed E-state index contributed by atoms with van der Waals surface area (Å²) in [6.07, 6.45) is 0. The van der Waals surface area contributed by atoms with E-state index in [4.69, 9.17) is 10.5 Å². The van der Waals surface area contributed by atoms with Gasteiger partial charge in [-0.05, 0) is 25.5 Å². The third-order valence-corrected chi connectivity index (χ3v) is 3.85. The zero-order chi connectivity index (χ0) is 13.8. The fourth-order valence-electron chi connectivity index (χ4n) is 1.74. The molecule has 100 valence electrons. The van der Waals surface area contributed by atoms with E-state index < -0.39 is 0 Å². The molecular formula is C14H16N2O2S. The van der Waals surface area contributed by atoms with Gasteiger partial charge in [-0.2, -0.15) is 0 Å². The Bertz CT molecular complexity index is 593. The summed E-state index contributed by atoms with van der Waals surface area (Å²) in [5.41, 5.74) is 8.36. The highest BCUT2D eigenvalue weighted by Gasteiger charge is 2.17. The van der Waals surface area contributed by atoms with Crippen LogP contribution in [-0.2, 0) is 11.3 Å². The van der Waals surface area contributed by atoms with Gasteiger partial charge in [0.25, 0.3) is 0 Å². The molecule has 0 bridgehead atoms. The number of nitrogens with zero attached hydrogens (tertiary/aromatic N) is 1. The number of nitrogens with two attached hydrogens (primary N) is 1. The molecule has 19 heavy (non-hydrogen) atoms. The van der Waals surface area contributed by atoms with Crippen LogP contribution >= 0.6 is 11.3 Å². The normalized spacial score (nSPS) is 10.5. The molecule has 0 saturated heterocycles. The monoisotopic (exact) mass is 276 g/mol. The molecule has 2 N–H and O–H groups in total. The van der Waals surface area contributed by atoms with E-state index in [1.54, 1.807) is 6.92 Å². The van der Waals surface area contributed by atoms with Crippen molar-refractivity contribution in [2.45, 2.75) is 20.4 Å². The molecule has 2 aromatic rings. The first-order valence-corrected chi connectivity index (χ1v) is 6.91. The fourth-order valence-corrected chi connectivity index (χ4v) is 2.69. The average Bonchev–Trinajstić information content (AvgIpc) is 2.81. The molecule has 0 fully saturated rings. The summed E-state index contributed by atoms with van der Waals surface area (Å²) in [6.45, 7) is 4.47. The quantitative estimate of drug-likeness (QED) is 0.872. The molecule has 0 aliphatic carbocycles. The van der Waals surface area contributed by atoms with Gasteiger partial charge in [-0.3, -0.25) is 0 Å². The maximum atomic E-state index is 11.8. The highest BCUT2D eigenvalue weighted by atomic mass is 32.1. The zero-order valence-electron chi connectivity index (χ0n) is 11.0. The van der Waals surface area contributed by atoms with Gasteiger partial charge in [0, 0.05) is 12.1 Å². The number of aryl methyl sites for hydroxylation is 1. The van der Waals surface area contributed by atoms with Crippen molar-refractivity contribution in [3.05, 3.63) is 40.4 Å². The van der Waals surface area contributed by atoms with E-state index in [0.29, 0.717) is 23.7 Å². The second-order valence-corrected chi connectivity index (χ2v) is 5.06. The van der Waals surface area contributed by atoms with Crippen LogP contribution in [0.2, 0.25) is 0 Å². The molecule has 0 radical (unpaired) electrons. The number of hydrogen-bond donors (Lipinski definition) is 1. The highest BCUT2D eigenvalue weighted by Crippen LogP contribution is 2.28. The molecule has 0 aliphatic heterocycles. The first-order chi connectivity index (χ1) is 9.15. The van der Waals surface area contributed by atoms with Crippen molar-refractivity contribution in [2.75, 3.05) is 6.61 Å². The molecule has 0 aliphatic rings. The van der Waals surface area contributed by atoms with Gasteiger partial charge < -0.3 is 10.5 Å². The number of aromatic nitrogens is 1. The van der Waals surface area contributed by atoms with Crippen LogP contribution in [0.3, 0.4) is 0 Å². The maximum Gasteiger partial charge on any atom is 0.350 e. The molecule has 1 aromatic heterocycles. The Kier molecular flexibility index (Phi) is 4.29. The Morgan fingerprint density at radius 2 is 2.26 bits per heavy atom. The molecular weight excluding hydrogens is 260 g/mol. The molecule has 1 heterocycles. The van der Waals surface area contributed by atoms with Gasteiger partial charge in [-0.1, -0.05) is 18.2 Å². The molecule has 2 rings (SSSR count). The summed E-state index contributed by atoms with van der Waals surface area (Å²) in [5, 5.41) is 0.816. The molecule has 0 atom stereocenters. The van der Waals surface area contributed by atoms with E-state index in [9.17, 15) is 4.79 Å². The fraction of sp³-hybridized carbons (Fsp3) is 0.286. The van der Waals surface area contributed by atoms with Crippen LogP contribution in [-0.4, -0.2) is 17.6 Å². The predicted molar refractivity (Wildman–Crippen MR) is 76.1 cm³/mol. The summed E-state index contributed by atoms with van der Waals surface area (Å²) in [5.74, 6) is -0.307. The van der Waals surface area contributed by atoms with Crippen LogP contribution < -0.4 is 5.73 Å². The van der Waals surface area contributed by atoms with Crippen LogP contribution in [0.5, 0.6) is 0 Å². The van der Waals surface area contributed by atoms with Crippen molar-refractivity contribution in [3.63, 3.8) is 0 Å². The number of esters is 1. The number of carbonyl (C=O) groups is 1. The third kappa shape index (κ3) is 3.00. The van der Waals surface area contributed by atoms with Gasteiger partial charge in [0.2, 0.25) is 0 Å². The summed E-state index contributed by atoms with van der Waals surface area (Å²) < 4.78 is 5.01. The summed E-state index contributed by atoms with van der Waals surface area (Å²) in [7, 11) is 0. The summed E-state index contributed by atoms with van der Waals surface area (Å²) in [4.78, 5) is 16.8. The van der Waals surface area contributed by atoms with E-state index in [2.05, 4.69) is 4.98 Å². The van der Waals surface area contributed by atoms with Crippen LogP contribution in [0.15, 0.2) is 24.3 Å². The largest absolute Gasteiger partial charge is 0.462 e. The van der Waals surface area contributed by atoms with Gasteiger partial charge in [0.15, 0.2) is 0 Å². The van der Waals surface area contributed by atoms with E-state index in [1.165, 1.54) is 11.3 Å². The van der Waals surface area contributed by atoms with Crippen LogP contribution in [0.1, 0.15) is 27.9 Å². The van der Waals surface area contributed by atoms with E-state index in [0.717, 1.165) is 16.1 Å². The Labute approximate surface area is 116 Å². The smallest absolute Gasteiger partial charge is 0.350 e. The van der Waals surface area contributed by atoms with E-state index in [-0.39, 0.29) is 5.97 Å². The lowest BCUT2D eigenvalue weighted by molar-refractivity contribution is 0.0531. The summed E-state index contributed by atoms with van der Waals surface area (Å²) in [6, 6.07) is 7.87. The topological polar surface area (TPSA) is 65.2 Å². The van der Waals surface area contributed by atoms with Crippen molar-refractivity contribution in [2.24, 2.45) is 5.73 Å². The minimum absolute atomic E-state index is 0.307. The lowest BCUT2D eigenvalue weighted by atomic mass is 10.1. The van der Waals surface area contributed by atoms with Gasteiger partial charge in [0.1, 0.15) is 9.88 Å². The van der Waals surface area contributed by atoms with Gasteiger partial charge >= 0.3 is 5.97 Å². The Morgan fingerprint density at radius 3 is 2.95 bits per heavy atom. The molecule has 0 unspecified atom stereocenters. The Morgan fingerprint density at radius 1 is 1.47 bits per heavy atom. The van der Waals surface area contributed by atoms with Crippen LogP contribution in [0, 0.1) is 6.92 Å². The lowest BCUT2D eigenvalue weighted by Crippen LogP contribution is -2.03. The number of hydrogen-bond acceptors (Lipinski definition) is 5. The minimum atomic E-state index is -0.307. The lowest BCUT2D eigenvalue weighted by Gasteiger charge is -1.99. The molecule has 0 saturated carbocycles. The Hall–Kier alpha value is -1.72. The predicted octanol–water partition coefficient (Wildman–Crippen LogP) is 2.75. The SMILES string of the molecule is CCOC(=O)c1sc(-c2cccc(CN)c2)nc1C. The van der Waals surface area contributed by atoms with Crippen molar-refractivity contribution in [1.29, 1.82) is 0 Å². The van der Waals surface area contributed by atoms with Crippen molar-refractivity contribution >= 4 is 17.3 Å². The van der Waals surface area contributed by atoms with Crippen molar-refractivity contribution in [3.8, 4) is 10.6 Å². The average molecular weight is 276 g/mol. The number of rotatable bonds is 4. The number of ether oxygens (including phenoxy) is 1. The van der Waals surface area contributed by atoms with E-state index >= 15 is 0 Å². The number of carbonyl (C=O) groups excluding carboxylic acids is 1. The standard InChI is InChI=1S/C14H16N2O2S/c1-3-18-14(17)12-9(2)16-13(19-12)11-6-4-5-10(7-11)8-15/h4-7H,3,8,15H2,1-2H3. The molecule has 0 amide bonds.